The lowest BCUT2D eigenvalue weighted by atomic mass is 10.7. The molecule has 0 unspecified atom stereocenters. The Bertz CT molecular complexity index is 112. The molecule has 0 saturated heterocycles. The normalized spacial score (nSPS) is 6.00. The molecular weight excluding hydrogens is 132 g/mol. The molecule has 0 atom stereocenters. The Morgan fingerprint density at radius 1 is 1.62 bits per heavy atom. The molecule has 5 heteroatoms. The van der Waals surface area contributed by atoms with Crippen molar-refractivity contribution >= 4 is 17.5 Å². The van der Waals surface area contributed by atoms with Crippen LogP contribution < -0.4 is 0 Å². The first-order valence-electron chi connectivity index (χ1n) is 1.53. The van der Waals surface area contributed by atoms with Crippen LogP contribution in [0.5, 0.6) is 0 Å². The number of carboxylic acid groups (broad SMARTS) is 1. The Labute approximate surface area is 49.4 Å². The van der Waals surface area contributed by atoms with Gasteiger partial charge in [0.1, 0.15) is 11.6 Å². The van der Waals surface area contributed by atoms with Gasteiger partial charge >= 0.3 is 5.97 Å². The Morgan fingerprint density at radius 3 is 1.75 bits per heavy atom. The molecule has 48 valence electrons. The van der Waals surface area contributed by atoms with Crippen LogP contribution in [0.25, 0.3) is 0 Å². The van der Waals surface area contributed by atoms with Crippen molar-refractivity contribution in [2.24, 2.45) is 0 Å². The summed E-state index contributed by atoms with van der Waals surface area (Å²) < 4.78 is 16.8. The van der Waals surface area contributed by atoms with Crippen LogP contribution in [0.4, 0.5) is 0 Å². The van der Waals surface area contributed by atoms with E-state index in [0.717, 1.165) is 6.08 Å². The highest BCUT2D eigenvalue weighted by molar-refractivity contribution is 7.51. The fraction of sp³-hybridized carbons (Fsp3) is 0. The van der Waals surface area contributed by atoms with Crippen LogP contribution in [0, 0.1) is 0 Å². The van der Waals surface area contributed by atoms with Gasteiger partial charge in [-0.2, -0.15) is 0 Å². The maximum absolute atomic E-state index is 9.25. The van der Waals surface area contributed by atoms with E-state index in [0.29, 0.717) is 0 Å². The van der Waals surface area contributed by atoms with Crippen LogP contribution >= 0.6 is 0 Å². The highest BCUT2D eigenvalue weighted by Gasteiger charge is 1.73. The summed E-state index contributed by atoms with van der Waals surface area (Å²) in [5.74, 6) is -0.981. The number of hydrogen-bond acceptors (Lipinski definition) is 3. The van der Waals surface area contributed by atoms with Gasteiger partial charge in [-0.15, -0.1) is 0 Å². The molecule has 0 aliphatic heterocycles. The van der Waals surface area contributed by atoms with E-state index in [9.17, 15) is 4.79 Å². The molecule has 0 spiro atoms. The standard InChI is InChI=1S/C3H4O2.H2O2S/c1-2-3(4)5;1-3-2/h2H,1H2,(H,4,5);3H2. The molecule has 0 fully saturated rings. The molecule has 0 bridgehead atoms. The number of aliphatic carboxylic acids is 1. The molecule has 0 aromatic rings. The summed E-state index contributed by atoms with van der Waals surface area (Å²) in [6, 6.07) is 0. The van der Waals surface area contributed by atoms with Crippen molar-refractivity contribution < 1.29 is 18.3 Å². The van der Waals surface area contributed by atoms with Crippen molar-refractivity contribution in [3.8, 4) is 0 Å². The highest BCUT2D eigenvalue weighted by atomic mass is 32.1. The van der Waals surface area contributed by atoms with Crippen molar-refractivity contribution in [3.05, 3.63) is 12.7 Å². The fourth-order valence-electron chi connectivity index (χ4n) is 0. The zero-order chi connectivity index (χ0) is 6.99. The van der Waals surface area contributed by atoms with E-state index in [1.807, 2.05) is 0 Å². The van der Waals surface area contributed by atoms with Gasteiger partial charge in [0.05, 0.1) is 0 Å². The van der Waals surface area contributed by atoms with E-state index in [4.69, 9.17) is 13.5 Å². The van der Waals surface area contributed by atoms with Gasteiger partial charge < -0.3 is 5.11 Å². The third kappa shape index (κ3) is 66.4. The highest BCUT2D eigenvalue weighted by Crippen LogP contribution is 1.54. The van der Waals surface area contributed by atoms with Gasteiger partial charge in [-0.05, 0) is 0 Å². The third-order valence-corrected chi connectivity index (χ3v) is 0.175. The second kappa shape index (κ2) is 9.48. The van der Waals surface area contributed by atoms with Crippen LogP contribution in [0.15, 0.2) is 12.7 Å². The number of hydrogen-bond donors (Lipinski definition) is 1. The van der Waals surface area contributed by atoms with E-state index in [1.54, 1.807) is 0 Å². The third-order valence-electron chi connectivity index (χ3n) is 0.175. The topological polar surface area (TPSA) is 71.4 Å². The molecule has 0 aromatic carbocycles. The molecule has 0 radical (unpaired) electrons. The Morgan fingerprint density at radius 2 is 1.75 bits per heavy atom. The molecule has 0 saturated carbocycles. The predicted octanol–water partition coefficient (Wildman–Crippen LogP) is -0.949. The number of rotatable bonds is 1. The van der Waals surface area contributed by atoms with Crippen LogP contribution in [-0.4, -0.2) is 19.5 Å². The van der Waals surface area contributed by atoms with Gasteiger partial charge in [0.15, 0.2) is 0 Å². The zero-order valence-corrected chi connectivity index (χ0v) is 4.96. The Kier molecular flexibility index (Phi) is 12.1. The van der Waals surface area contributed by atoms with Crippen molar-refractivity contribution in [3.63, 3.8) is 0 Å². The minimum atomic E-state index is -1.42. The van der Waals surface area contributed by atoms with Crippen molar-refractivity contribution in [2.45, 2.75) is 0 Å². The van der Waals surface area contributed by atoms with E-state index < -0.39 is 17.5 Å². The summed E-state index contributed by atoms with van der Waals surface area (Å²) in [5.41, 5.74) is 0. The first kappa shape index (κ1) is 10.2. The van der Waals surface area contributed by atoms with Crippen molar-refractivity contribution in [1.29, 1.82) is 0 Å². The minimum Gasteiger partial charge on any atom is -0.478 e. The van der Waals surface area contributed by atoms with Crippen LogP contribution in [0.3, 0.4) is 0 Å². The lowest BCUT2D eigenvalue weighted by Gasteiger charge is -1.64. The van der Waals surface area contributed by atoms with Gasteiger partial charge in [0.2, 0.25) is 0 Å². The summed E-state index contributed by atoms with van der Waals surface area (Å²) in [5, 5.41) is 7.60. The molecule has 4 nitrogen and oxygen atoms in total. The van der Waals surface area contributed by atoms with E-state index in [1.165, 1.54) is 0 Å². The molecule has 0 amide bonds. The molecule has 0 aromatic heterocycles. The SMILES string of the molecule is C=CC(=O)O.O=[SH2]=O. The molecular formula is C3H6O4S. The van der Waals surface area contributed by atoms with Gasteiger partial charge in [0.25, 0.3) is 0 Å². The maximum Gasteiger partial charge on any atom is 0.327 e. The second-order valence-corrected chi connectivity index (χ2v) is 0.792. The first-order chi connectivity index (χ1) is 3.68. The lowest BCUT2D eigenvalue weighted by molar-refractivity contribution is -0.131. The average molecular weight is 138 g/mol. The fourth-order valence-corrected chi connectivity index (χ4v) is 0. The van der Waals surface area contributed by atoms with Crippen molar-refractivity contribution in [2.75, 3.05) is 0 Å². The quantitative estimate of drug-likeness (QED) is 0.474. The monoisotopic (exact) mass is 138 g/mol. The molecule has 0 heterocycles. The first-order valence-corrected chi connectivity index (χ1v) is 2.35. The van der Waals surface area contributed by atoms with Gasteiger partial charge in [-0.3, -0.25) is 0 Å². The number of carboxylic acids is 1. The Balaban J connectivity index is 0. The van der Waals surface area contributed by atoms with E-state index in [-0.39, 0.29) is 0 Å². The minimum absolute atomic E-state index is 0.833. The number of carbonyl (C=O) groups is 1. The molecule has 0 rings (SSSR count). The zero-order valence-electron chi connectivity index (χ0n) is 3.96. The van der Waals surface area contributed by atoms with Crippen molar-refractivity contribution in [1.82, 2.24) is 0 Å². The molecule has 0 aliphatic carbocycles. The smallest absolute Gasteiger partial charge is 0.327 e. The van der Waals surface area contributed by atoms with Gasteiger partial charge in [0, 0.05) is 6.08 Å². The maximum atomic E-state index is 9.25. The average Bonchev–Trinajstić information content (AvgIpc) is 1.69. The lowest BCUT2D eigenvalue weighted by Crippen LogP contribution is -1.82. The van der Waals surface area contributed by atoms with Gasteiger partial charge in [-0.25, -0.2) is 13.2 Å². The molecule has 1 N–H and O–H groups in total. The summed E-state index contributed by atoms with van der Waals surface area (Å²) >= 11 is -1.42. The van der Waals surface area contributed by atoms with Crippen LogP contribution in [0.1, 0.15) is 0 Å². The Hall–Kier alpha value is -0.840. The van der Waals surface area contributed by atoms with Crippen LogP contribution in [-0.2, 0) is 16.4 Å². The summed E-state index contributed by atoms with van der Waals surface area (Å²) in [7, 11) is 0. The predicted molar refractivity (Wildman–Crippen MR) is 29.5 cm³/mol. The van der Waals surface area contributed by atoms with E-state index >= 15 is 0 Å². The van der Waals surface area contributed by atoms with Gasteiger partial charge in [-0.1, -0.05) is 6.58 Å². The summed E-state index contributed by atoms with van der Waals surface area (Å²) in [6.07, 6.45) is 0.833. The second-order valence-electron chi connectivity index (χ2n) is 0.626. The van der Waals surface area contributed by atoms with E-state index in [2.05, 4.69) is 6.58 Å². The summed E-state index contributed by atoms with van der Waals surface area (Å²) in [6.45, 7) is 2.96. The van der Waals surface area contributed by atoms with Crippen LogP contribution in [0.2, 0.25) is 0 Å². The largest absolute Gasteiger partial charge is 0.478 e. The molecule has 8 heavy (non-hydrogen) atoms. The molecule has 0 aliphatic rings. The summed E-state index contributed by atoms with van der Waals surface area (Å²) in [4.78, 5) is 9.25.